The normalized spacial score (nSPS) is 16.5. The van der Waals surface area contributed by atoms with E-state index in [1.165, 1.54) is 6.33 Å². The molecule has 5 aromatic rings. The first-order chi connectivity index (χ1) is 21.4. The van der Waals surface area contributed by atoms with Crippen LogP contribution in [0.5, 0.6) is 5.75 Å². The number of hydrogen-bond donors (Lipinski definition) is 0. The fourth-order valence-corrected chi connectivity index (χ4v) is 6.69. The van der Waals surface area contributed by atoms with Crippen molar-refractivity contribution in [2.75, 3.05) is 37.2 Å². The van der Waals surface area contributed by atoms with Crippen LogP contribution in [-0.2, 0) is 6.54 Å². The van der Waals surface area contributed by atoms with Gasteiger partial charge in [0.2, 0.25) is 0 Å². The molecule has 2 aliphatic heterocycles. The third-order valence-corrected chi connectivity index (χ3v) is 8.80. The number of para-hydroxylation sites is 1. The standard InChI is InChI=1S/C34H31ClN6O3/c1-38-21-39(19-22-13-15-25(44-2)16-14-22)31-30(33(38)42)32(37-20-36-31)40-17-7-12-27(40)28-18-23-8-6-11-26(35)29(23)34(43)41(28)24-9-4-3-5-10-24/h3-6,8-11,13-16,18,20,27H,7,12,17,19,21H2,1-2H3/t27-/m0/s1. The minimum atomic E-state index is -0.208. The molecule has 10 heteroatoms. The highest BCUT2D eigenvalue weighted by molar-refractivity contribution is 6.35. The Morgan fingerprint density at radius 3 is 2.50 bits per heavy atom. The zero-order valence-electron chi connectivity index (χ0n) is 24.5. The van der Waals surface area contributed by atoms with Crippen molar-refractivity contribution in [1.29, 1.82) is 0 Å². The Morgan fingerprint density at radius 1 is 0.955 bits per heavy atom. The summed E-state index contributed by atoms with van der Waals surface area (Å²) in [5, 5.41) is 1.68. The minimum Gasteiger partial charge on any atom is -0.497 e. The Morgan fingerprint density at radius 2 is 1.73 bits per heavy atom. The highest BCUT2D eigenvalue weighted by Gasteiger charge is 2.38. The van der Waals surface area contributed by atoms with E-state index in [1.807, 2.05) is 66.7 Å². The summed E-state index contributed by atoms with van der Waals surface area (Å²) in [4.78, 5) is 43.2. The third kappa shape index (κ3) is 4.73. The van der Waals surface area contributed by atoms with Gasteiger partial charge in [-0.25, -0.2) is 9.97 Å². The van der Waals surface area contributed by atoms with Crippen LogP contribution in [-0.4, -0.2) is 52.7 Å². The lowest BCUT2D eigenvalue weighted by Crippen LogP contribution is -2.46. The Labute approximate surface area is 259 Å². The smallest absolute Gasteiger partial charge is 0.264 e. The second-order valence-electron chi connectivity index (χ2n) is 11.2. The van der Waals surface area contributed by atoms with Crippen LogP contribution < -0.4 is 20.1 Å². The van der Waals surface area contributed by atoms with Crippen molar-refractivity contribution < 1.29 is 9.53 Å². The maximum Gasteiger partial charge on any atom is 0.264 e. The molecule has 1 amide bonds. The van der Waals surface area contributed by atoms with Gasteiger partial charge in [0.1, 0.15) is 29.3 Å². The van der Waals surface area contributed by atoms with E-state index >= 15 is 0 Å². The van der Waals surface area contributed by atoms with Crippen molar-refractivity contribution >= 4 is 39.9 Å². The Balaban J connectivity index is 1.35. The van der Waals surface area contributed by atoms with Gasteiger partial charge >= 0.3 is 0 Å². The van der Waals surface area contributed by atoms with E-state index in [2.05, 4.69) is 20.9 Å². The van der Waals surface area contributed by atoms with E-state index in [-0.39, 0.29) is 17.5 Å². The molecule has 1 fully saturated rings. The molecule has 0 aliphatic carbocycles. The van der Waals surface area contributed by atoms with Gasteiger partial charge in [0.15, 0.2) is 0 Å². The topological polar surface area (TPSA) is 83.8 Å². The second-order valence-corrected chi connectivity index (χ2v) is 11.6. The number of hydrogen-bond acceptors (Lipinski definition) is 7. The number of carbonyl (C=O) groups excluding carboxylic acids is 1. The predicted molar refractivity (Wildman–Crippen MR) is 172 cm³/mol. The molecule has 3 aromatic carbocycles. The van der Waals surface area contributed by atoms with Crippen molar-refractivity contribution in [3.8, 4) is 11.4 Å². The fourth-order valence-electron chi connectivity index (χ4n) is 6.43. The van der Waals surface area contributed by atoms with Crippen LogP contribution in [0, 0.1) is 0 Å². The van der Waals surface area contributed by atoms with Gasteiger partial charge in [-0.2, -0.15) is 0 Å². The van der Waals surface area contributed by atoms with Crippen molar-refractivity contribution in [3.05, 3.63) is 117 Å². The zero-order chi connectivity index (χ0) is 30.4. The molecule has 0 N–H and O–H groups in total. The first kappa shape index (κ1) is 27.9. The van der Waals surface area contributed by atoms with Crippen LogP contribution in [0.25, 0.3) is 16.5 Å². The van der Waals surface area contributed by atoms with E-state index in [0.717, 1.165) is 40.9 Å². The quantitative estimate of drug-likeness (QED) is 0.240. The Kier molecular flexibility index (Phi) is 7.18. The molecule has 222 valence electrons. The summed E-state index contributed by atoms with van der Waals surface area (Å²) in [5.74, 6) is 1.84. The monoisotopic (exact) mass is 606 g/mol. The Bertz CT molecular complexity index is 1930. The molecule has 4 heterocycles. The Hall–Kier alpha value is -4.89. The number of amides is 1. The van der Waals surface area contributed by atoms with E-state index in [9.17, 15) is 9.59 Å². The largest absolute Gasteiger partial charge is 0.497 e. The summed E-state index contributed by atoms with van der Waals surface area (Å²) in [6, 6.07) is 24.9. The van der Waals surface area contributed by atoms with Crippen LogP contribution >= 0.6 is 11.6 Å². The summed E-state index contributed by atoms with van der Waals surface area (Å²) in [7, 11) is 3.44. The number of ether oxygens (including phenoxy) is 1. The molecule has 0 spiro atoms. The molecule has 1 saturated heterocycles. The number of nitrogens with zero attached hydrogens (tertiary/aromatic N) is 6. The van der Waals surface area contributed by atoms with Gasteiger partial charge in [-0.15, -0.1) is 0 Å². The van der Waals surface area contributed by atoms with Crippen LogP contribution in [0.1, 0.15) is 40.5 Å². The lowest BCUT2D eigenvalue weighted by Gasteiger charge is -2.37. The molecule has 0 radical (unpaired) electrons. The van der Waals surface area contributed by atoms with Gasteiger partial charge in [-0.1, -0.05) is 54.1 Å². The van der Waals surface area contributed by atoms with Crippen LogP contribution in [0.15, 0.2) is 90.0 Å². The molecule has 0 unspecified atom stereocenters. The van der Waals surface area contributed by atoms with Gasteiger partial charge < -0.3 is 19.4 Å². The molecule has 2 aromatic heterocycles. The van der Waals surface area contributed by atoms with Crippen LogP contribution in [0.2, 0.25) is 5.02 Å². The second kappa shape index (κ2) is 11.3. The predicted octanol–water partition coefficient (Wildman–Crippen LogP) is 5.83. The van der Waals surface area contributed by atoms with Gasteiger partial charge in [0.25, 0.3) is 11.5 Å². The van der Waals surface area contributed by atoms with Gasteiger partial charge in [0.05, 0.1) is 30.2 Å². The van der Waals surface area contributed by atoms with E-state index in [1.54, 1.807) is 29.7 Å². The maximum absolute atomic E-state index is 14.1. The van der Waals surface area contributed by atoms with Crippen LogP contribution in [0.3, 0.4) is 0 Å². The minimum absolute atomic E-state index is 0.127. The first-order valence-electron chi connectivity index (χ1n) is 14.6. The number of carbonyl (C=O) groups is 1. The number of anilines is 2. The summed E-state index contributed by atoms with van der Waals surface area (Å²) in [6.45, 7) is 1.64. The maximum atomic E-state index is 14.1. The zero-order valence-corrected chi connectivity index (χ0v) is 25.2. The van der Waals surface area contributed by atoms with E-state index in [0.29, 0.717) is 47.4 Å². The molecule has 0 saturated carbocycles. The van der Waals surface area contributed by atoms with Crippen molar-refractivity contribution in [2.45, 2.75) is 25.4 Å². The average Bonchev–Trinajstić information content (AvgIpc) is 3.53. The van der Waals surface area contributed by atoms with Gasteiger partial charge in [-0.3, -0.25) is 14.2 Å². The average molecular weight is 607 g/mol. The van der Waals surface area contributed by atoms with Crippen molar-refractivity contribution in [3.63, 3.8) is 0 Å². The van der Waals surface area contributed by atoms with E-state index in [4.69, 9.17) is 21.3 Å². The van der Waals surface area contributed by atoms with Crippen molar-refractivity contribution in [2.24, 2.45) is 0 Å². The lowest BCUT2D eigenvalue weighted by molar-refractivity contribution is 0.0780. The number of benzene rings is 3. The van der Waals surface area contributed by atoms with Crippen LogP contribution in [0.4, 0.5) is 11.6 Å². The summed E-state index contributed by atoms with van der Waals surface area (Å²) < 4.78 is 7.08. The molecular formula is C34H31ClN6O3. The molecule has 1 atom stereocenters. The summed E-state index contributed by atoms with van der Waals surface area (Å²) in [6.07, 6.45) is 3.20. The number of aromatic nitrogens is 3. The number of fused-ring (bicyclic) bond motifs is 2. The summed E-state index contributed by atoms with van der Waals surface area (Å²) in [5.41, 5.74) is 2.95. The number of rotatable bonds is 6. The molecule has 7 rings (SSSR count). The van der Waals surface area contributed by atoms with Crippen molar-refractivity contribution in [1.82, 2.24) is 19.4 Å². The first-order valence-corrected chi connectivity index (χ1v) is 15.0. The summed E-state index contributed by atoms with van der Waals surface area (Å²) >= 11 is 6.56. The molecule has 2 aliphatic rings. The highest BCUT2D eigenvalue weighted by Crippen LogP contribution is 2.41. The highest BCUT2D eigenvalue weighted by atomic mass is 35.5. The molecule has 0 bridgehead atoms. The third-order valence-electron chi connectivity index (χ3n) is 8.49. The number of halogens is 1. The van der Waals surface area contributed by atoms with E-state index < -0.39 is 0 Å². The SMILES string of the molecule is COc1ccc(CN2CN(C)C(=O)c3c2ncnc3N2CCC[C@H]2c2cc3cccc(Cl)c3c(=O)n2-c2ccccc2)cc1. The number of pyridine rings is 1. The molecule has 9 nitrogen and oxygen atoms in total. The molecular weight excluding hydrogens is 576 g/mol. The molecule has 44 heavy (non-hydrogen) atoms. The van der Waals surface area contributed by atoms with Gasteiger partial charge in [0, 0.05) is 31.5 Å². The van der Waals surface area contributed by atoms with Gasteiger partial charge in [-0.05, 0) is 60.2 Å². The number of methoxy groups -OCH3 is 1. The fraction of sp³-hybridized carbons (Fsp3) is 0.235. The lowest BCUT2D eigenvalue weighted by atomic mass is 10.0.